The highest BCUT2D eigenvalue weighted by atomic mass is 19.1. The number of amides is 1. The smallest absolute Gasteiger partial charge is 0.219 e. The molecule has 1 amide bonds. The number of hydrogen-bond acceptors (Lipinski definition) is 7. The maximum atomic E-state index is 14.1. The number of benzene rings is 1. The van der Waals surface area contributed by atoms with E-state index in [1.54, 1.807) is 11.8 Å². The number of hydrogen-bond donors (Lipinski definition) is 0. The number of nitrogens with zero attached hydrogens (tertiary/aromatic N) is 7. The number of rotatable bonds is 4. The largest absolute Gasteiger partial charge is 0.487 e. The summed E-state index contributed by atoms with van der Waals surface area (Å²) in [6.45, 7) is 6.52. The van der Waals surface area contributed by atoms with Crippen LogP contribution in [0.4, 0.5) is 14.6 Å². The van der Waals surface area contributed by atoms with Gasteiger partial charge in [0.05, 0.1) is 36.4 Å². The monoisotopic (exact) mass is 523 g/mol. The van der Waals surface area contributed by atoms with Crippen LogP contribution in [0.15, 0.2) is 24.4 Å². The lowest BCUT2D eigenvalue weighted by Crippen LogP contribution is -2.40. The lowest BCUT2D eigenvalue weighted by atomic mass is 10.0. The third kappa shape index (κ3) is 4.70. The number of carbonyl (C=O) groups is 1. The Morgan fingerprint density at radius 1 is 1.03 bits per heavy atom. The summed E-state index contributed by atoms with van der Waals surface area (Å²) in [4.78, 5) is 28.6. The molecule has 9 nitrogen and oxygen atoms in total. The number of likely N-dealkylation sites (N-methyl/N-ethyl adjacent to an activating group) is 1. The molecule has 38 heavy (non-hydrogen) atoms. The van der Waals surface area contributed by atoms with Gasteiger partial charge in [0, 0.05) is 70.5 Å². The van der Waals surface area contributed by atoms with Gasteiger partial charge in [-0.2, -0.15) is 5.10 Å². The summed E-state index contributed by atoms with van der Waals surface area (Å²) in [6, 6.07) is 3.39. The molecule has 6 rings (SSSR count). The molecule has 3 aliphatic rings. The number of anilines is 1. The zero-order chi connectivity index (χ0) is 26.4. The second-order valence-corrected chi connectivity index (χ2v) is 10.3. The van der Waals surface area contributed by atoms with Crippen molar-refractivity contribution in [1.29, 1.82) is 0 Å². The van der Waals surface area contributed by atoms with Gasteiger partial charge in [0.25, 0.3) is 0 Å². The molecule has 3 aliphatic heterocycles. The minimum absolute atomic E-state index is 0.0345. The molecule has 1 fully saturated rings. The van der Waals surface area contributed by atoms with Crippen LogP contribution >= 0.6 is 0 Å². The Kier molecular flexibility index (Phi) is 6.46. The molecule has 2 aromatic heterocycles. The summed E-state index contributed by atoms with van der Waals surface area (Å²) in [7, 11) is 2.10. The van der Waals surface area contributed by atoms with Crippen molar-refractivity contribution in [2.75, 3.05) is 38.1 Å². The van der Waals surface area contributed by atoms with Gasteiger partial charge in [0.2, 0.25) is 5.91 Å². The van der Waals surface area contributed by atoms with E-state index >= 15 is 0 Å². The summed E-state index contributed by atoms with van der Waals surface area (Å²) in [5, 5.41) is 4.64. The Bertz CT molecular complexity index is 1370. The van der Waals surface area contributed by atoms with E-state index in [4.69, 9.17) is 14.7 Å². The SMILES string of the molecule is CC(=O)N1CCc2nc(N3CCC(Oc4ccc(F)cc4F)CC3)c(-c3cnn4c3CN(C)CC4)nc2C1. The molecule has 0 N–H and O–H groups in total. The number of carbonyl (C=O) groups excluding carboxylic acids is 1. The van der Waals surface area contributed by atoms with Crippen LogP contribution in [-0.4, -0.2) is 74.8 Å². The highest BCUT2D eigenvalue weighted by Gasteiger charge is 2.31. The molecule has 200 valence electrons. The average molecular weight is 524 g/mol. The van der Waals surface area contributed by atoms with Gasteiger partial charge in [-0.15, -0.1) is 0 Å². The normalized spacial score (nSPS) is 18.3. The summed E-state index contributed by atoms with van der Waals surface area (Å²) in [6.07, 6.45) is 3.70. The van der Waals surface area contributed by atoms with Gasteiger partial charge in [-0.25, -0.2) is 18.7 Å². The highest BCUT2D eigenvalue weighted by Crippen LogP contribution is 2.35. The van der Waals surface area contributed by atoms with E-state index in [9.17, 15) is 13.6 Å². The second kappa shape index (κ2) is 9.94. The van der Waals surface area contributed by atoms with Gasteiger partial charge in [0.15, 0.2) is 17.4 Å². The fourth-order valence-corrected chi connectivity index (χ4v) is 5.50. The van der Waals surface area contributed by atoms with E-state index in [1.165, 1.54) is 12.1 Å². The highest BCUT2D eigenvalue weighted by molar-refractivity contribution is 5.75. The summed E-state index contributed by atoms with van der Waals surface area (Å²) < 4.78 is 35.3. The number of halogens is 2. The van der Waals surface area contributed by atoms with Gasteiger partial charge < -0.3 is 14.5 Å². The molecular weight excluding hydrogens is 492 g/mol. The molecule has 1 saturated heterocycles. The number of fused-ring (bicyclic) bond motifs is 2. The maximum Gasteiger partial charge on any atom is 0.219 e. The lowest BCUT2D eigenvalue weighted by Gasteiger charge is -2.35. The first-order valence-electron chi connectivity index (χ1n) is 13.1. The Balaban J connectivity index is 1.30. The minimum atomic E-state index is -0.689. The van der Waals surface area contributed by atoms with Crippen LogP contribution in [0.5, 0.6) is 5.75 Å². The van der Waals surface area contributed by atoms with E-state index in [-0.39, 0.29) is 17.8 Å². The lowest BCUT2D eigenvalue weighted by molar-refractivity contribution is -0.129. The summed E-state index contributed by atoms with van der Waals surface area (Å²) in [5.41, 5.74) is 4.62. The van der Waals surface area contributed by atoms with Crippen molar-refractivity contribution in [2.24, 2.45) is 0 Å². The van der Waals surface area contributed by atoms with Gasteiger partial charge in [-0.3, -0.25) is 14.4 Å². The fourth-order valence-electron chi connectivity index (χ4n) is 5.50. The van der Waals surface area contributed by atoms with Crippen molar-refractivity contribution in [3.8, 4) is 17.0 Å². The van der Waals surface area contributed by atoms with Gasteiger partial charge in [-0.05, 0) is 19.2 Å². The Morgan fingerprint density at radius 3 is 2.61 bits per heavy atom. The zero-order valence-electron chi connectivity index (χ0n) is 21.7. The zero-order valence-corrected chi connectivity index (χ0v) is 21.7. The minimum Gasteiger partial charge on any atom is -0.487 e. The molecule has 0 spiro atoms. The average Bonchev–Trinajstić information content (AvgIpc) is 3.32. The molecule has 0 aliphatic carbocycles. The van der Waals surface area contributed by atoms with Crippen LogP contribution in [0.2, 0.25) is 0 Å². The molecule has 0 unspecified atom stereocenters. The van der Waals surface area contributed by atoms with Crippen molar-refractivity contribution in [3.63, 3.8) is 0 Å². The first-order chi connectivity index (χ1) is 18.4. The van der Waals surface area contributed by atoms with Gasteiger partial charge >= 0.3 is 0 Å². The van der Waals surface area contributed by atoms with E-state index in [0.717, 1.165) is 59.9 Å². The molecule has 3 aromatic rings. The van der Waals surface area contributed by atoms with Crippen LogP contribution in [0.1, 0.15) is 36.8 Å². The molecule has 11 heteroatoms. The van der Waals surface area contributed by atoms with Crippen molar-refractivity contribution in [2.45, 2.75) is 51.9 Å². The van der Waals surface area contributed by atoms with Crippen molar-refractivity contribution in [1.82, 2.24) is 29.5 Å². The van der Waals surface area contributed by atoms with Crippen LogP contribution in [0.3, 0.4) is 0 Å². The topological polar surface area (TPSA) is 79.6 Å². The van der Waals surface area contributed by atoms with Crippen LogP contribution in [0.25, 0.3) is 11.3 Å². The molecule has 0 saturated carbocycles. The molecule has 5 heterocycles. The van der Waals surface area contributed by atoms with Gasteiger partial charge in [-0.1, -0.05) is 0 Å². The van der Waals surface area contributed by atoms with Crippen LogP contribution in [0, 0.1) is 11.6 Å². The second-order valence-electron chi connectivity index (χ2n) is 10.3. The van der Waals surface area contributed by atoms with Crippen molar-refractivity contribution < 1.29 is 18.3 Å². The van der Waals surface area contributed by atoms with Crippen LogP contribution in [-0.2, 0) is 30.8 Å². The van der Waals surface area contributed by atoms with Crippen molar-refractivity contribution >= 4 is 11.7 Å². The quantitative estimate of drug-likeness (QED) is 0.520. The van der Waals surface area contributed by atoms with E-state index in [0.29, 0.717) is 45.4 Å². The molecule has 0 atom stereocenters. The standard InChI is InChI=1S/C27H31F2N7O2/c1-17(37)35-10-7-22-23(15-35)31-26(20-14-30-36-12-11-33(2)16-24(20)36)27(32-22)34-8-5-19(6-9-34)38-25-4-3-18(28)13-21(25)29/h3-4,13-14,19H,5-12,15-16H2,1-2H3. The Labute approximate surface area is 220 Å². The number of piperidine rings is 1. The fraction of sp³-hybridized carbons (Fsp3) is 0.481. The first kappa shape index (κ1) is 24.7. The molecule has 0 bridgehead atoms. The summed E-state index contributed by atoms with van der Waals surface area (Å²) in [5.74, 6) is -0.388. The predicted molar refractivity (Wildman–Crippen MR) is 137 cm³/mol. The Morgan fingerprint density at radius 2 is 1.84 bits per heavy atom. The molecular formula is C27H31F2N7O2. The van der Waals surface area contributed by atoms with Crippen molar-refractivity contribution in [3.05, 3.63) is 53.1 Å². The van der Waals surface area contributed by atoms with Crippen LogP contribution < -0.4 is 9.64 Å². The first-order valence-corrected chi connectivity index (χ1v) is 13.1. The maximum absolute atomic E-state index is 14.1. The number of ether oxygens (including phenoxy) is 1. The third-order valence-corrected chi connectivity index (χ3v) is 7.68. The Hall–Kier alpha value is -3.60. The van der Waals surface area contributed by atoms with E-state index < -0.39 is 11.6 Å². The van der Waals surface area contributed by atoms with E-state index in [1.807, 2.05) is 10.9 Å². The van der Waals surface area contributed by atoms with Gasteiger partial charge in [0.1, 0.15) is 17.6 Å². The molecule has 0 radical (unpaired) electrons. The summed E-state index contributed by atoms with van der Waals surface area (Å²) >= 11 is 0. The third-order valence-electron chi connectivity index (χ3n) is 7.68. The molecule has 1 aromatic carbocycles. The predicted octanol–water partition coefficient (Wildman–Crippen LogP) is 3.02. The number of aromatic nitrogens is 4. The van der Waals surface area contributed by atoms with E-state index in [2.05, 4.69) is 21.9 Å².